The van der Waals surface area contributed by atoms with Gasteiger partial charge in [-0.3, -0.25) is 9.69 Å². The van der Waals surface area contributed by atoms with E-state index in [2.05, 4.69) is 17.1 Å². The van der Waals surface area contributed by atoms with E-state index in [1.807, 2.05) is 5.38 Å². The van der Waals surface area contributed by atoms with Gasteiger partial charge in [-0.1, -0.05) is 6.92 Å². The molecule has 1 saturated carbocycles. The summed E-state index contributed by atoms with van der Waals surface area (Å²) in [4.78, 5) is 14.8. The van der Waals surface area contributed by atoms with Gasteiger partial charge in [0.1, 0.15) is 4.88 Å². The molecule has 0 spiro atoms. The number of nitrogens with one attached hydrogen (secondary N) is 1. The van der Waals surface area contributed by atoms with Gasteiger partial charge >= 0.3 is 0 Å². The molecule has 1 heterocycles. The summed E-state index contributed by atoms with van der Waals surface area (Å²) in [6, 6.07) is 2.52. The number of thiophene rings is 1. The molecule has 0 unspecified atom stereocenters. The molecule has 5 heteroatoms. The summed E-state index contributed by atoms with van der Waals surface area (Å²) in [5, 5.41) is 4.76. The summed E-state index contributed by atoms with van der Waals surface area (Å²) in [6.45, 7) is 4.85. The zero-order valence-electron chi connectivity index (χ0n) is 10.1. The molecule has 0 bridgehead atoms. The standard InChI is InChI=1S/C12H19N3OS/c1-2-15(9-3-4-9)7-6-14-12(16)11-10(13)5-8-17-11/h5,8-9H,2-4,6-7,13H2,1H3,(H,14,16). The molecule has 0 aromatic carbocycles. The van der Waals surface area contributed by atoms with E-state index < -0.39 is 0 Å². The minimum Gasteiger partial charge on any atom is -0.397 e. The molecular weight excluding hydrogens is 234 g/mol. The van der Waals surface area contributed by atoms with Crippen LogP contribution in [0.2, 0.25) is 0 Å². The molecule has 94 valence electrons. The number of carbonyl (C=O) groups excluding carboxylic acids is 1. The van der Waals surface area contributed by atoms with Crippen molar-refractivity contribution in [2.24, 2.45) is 0 Å². The van der Waals surface area contributed by atoms with Gasteiger partial charge in [-0.05, 0) is 30.8 Å². The monoisotopic (exact) mass is 253 g/mol. The van der Waals surface area contributed by atoms with Crippen molar-refractivity contribution in [1.82, 2.24) is 10.2 Å². The normalized spacial score (nSPS) is 15.2. The fraction of sp³-hybridized carbons (Fsp3) is 0.583. The first-order chi connectivity index (χ1) is 8.22. The molecule has 1 aliphatic carbocycles. The molecule has 1 amide bonds. The van der Waals surface area contributed by atoms with E-state index in [4.69, 9.17) is 5.73 Å². The maximum atomic E-state index is 11.8. The number of nitrogen functional groups attached to an aromatic ring is 1. The third-order valence-electron chi connectivity index (χ3n) is 3.06. The van der Waals surface area contributed by atoms with Crippen LogP contribution in [0.25, 0.3) is 0 Å². The van der Waals surface area contributed by atoms with Crippen molar-refractivity contribution < 1.29 is 4.79 Å². The van der Waals surface area contributed by atoms with E-state index >= 15 is 0 Å². The van der Waals surface area contributed by atoms with Crippen molar-refractivity contribution in [2.45, 2.75) is 25.8 Å². The van der Waals surface area contributed by atoms with Crippen LogP contribution in [-0.2, 0) is 0 Å². The van der Waals surface area contributed by atoms with Crippen LogP contribution in [-0.4, -0.2) is 36.5 Å². The van der Waals surface area contributed by atoms with Gasteiger partial charge < -0.3 is 11.1 Å². The Morgan fingerprint density at radius 1 is 1.65 bits per heavy atom. The second-order valence-corrected chi connectivity index (χ2v) is 5.24. The molecule has 4 nitrogen and oxygen atoms in total. The number of rotatable bonds is 6. The first-order valence-corrected chi connectivity index (χ1v) is 6.95. The van der Waals surface area contributed by atoms with Crippen LogP contribution in [0.15, 0.2) is 11.4 Å². The average Bonchev–Trinajstić information content (AvgIpc) is 3.06. The Labute approximate surface area is 106 Å². The molecular formula is C12H19N3OS. The van der Waals surface area contributed by atoms with E-state index in [0.717, 1.165) is 19.1 Å². The number of anilines is 1. The predicted molar refractivity (Wildman–Crippen MR) is 71.3 cm³/mol. The van der Waals surface area contributed by atoms with E-state index in [-0.39, 0.29) is 5.91 Å². The molecule has 2 rings (SSSR count). The molecule has 1 aliphatic rings. The lowest BCUT2D eigenvalue weighted by Crippen LogP contribution is -2.36. The molecule has 3 N–H and O–H groups in total. The van der Waals surface area contributed by atoms with Gasteiger partial charge in [0.05, 0.1) is 5.69 Å². The summed E-state index contributed by atoms with van der Waals surface area (Å²) in [5.74, 6) is -0.0515. The Morgan fingerprint density at radius 3 is 2.94 bits per heavy atom. The molecule has 0 radical (unpaired) electrons. The highest BCUT2D eigenvalue weighted by Gasteiger charge is 2.27. The second-order valence-electron chi connectivity index (χ2n) is 4.32. The van der Waals surface area contributed by atoms with Crippen LogP contribution in [0.4, 0.5) is 5.69 Å². The topological polar surface area (TPSA) is 58.4 Å². The van der Waals surface area contributed by atoms with E-state index in [0.29, 0.717) is 17.1 Å². The van der Waals surface area contributed by atoms with Gasteiger partial charge in [0, 0.05) is 19.1 Å². The number of carbonyl (C=O) groups is 1. The fourth-order valence-electron chi connectivity index (χ4n) is 1.94. The fourth-order valence-corrected chi connectivity index (χ4v) is 2.67. The number of hydrogen-bond donors (Lipinski definition) is 2. The van der Waals surface area contributed by atoms with Crippen molar-refractivity contribution in [1.29, 1.82) is 0 Å². The summed E-state index contributed by atoms with van der Waals surface area (Å²) in [5.41, 5.74) is 6.27. The quantitative estimate of drug-likeness (QED) is 0.808. The molecule has 1 fully saturated rings. The smallest absolute Gasteiger partial charge is 0.263 e. The van der Waals surface area contributed by atoms with Gasteiger partial charge in [-0.15, -0.1) is 11.3 Å². The van der Waals surface area contributed by atoms with Crippen molar-refractivity contribution >= 4 is 22.9 Å². The molecule has 17 heavy (non-hydrogen) atoms. The summed E-state index contributed by atoms with van der Waals surface area (Å²) in [7, 11) is 0. The van der Waals surface area contributed by atoms with E-state index in [9.17, 15) is 4.79 Å². The third-order valence-corrected chi connectivity index (χ3v) is 3.98. The average molecular weight is 253 g/mol. The minimum absolute atomic E-state index is 0.0515. The molecule has 0 aliphatic heterocycles. The summed E-state index contributed by atoms with van der Waals surface area (Å²) >= 11 is 1.39. The van der Waals surface area contributed by atoms with Gasteiger partial charge in [0.2, 0.25) is 0 Å². The zero-order valence-corrected chi connectivity index (χ0v) is 10.9. The number of nitrogens with two attached hydrogens (primary N) is 1. The van der Waals surface area contributed by atoms with Crippen molar-refractivity contribution in [3.8, 4) is 0 Å². The minimum atomic E-state index is -0.0515. The van der Waals surface area contributed by atoms with E-state index in [1.54, 1.807) is 6.07 Å². The largest absolute Gasteiger partial charge is 0.397 e. The summed E-state index contributed by atoms with van der Waals surface area (Å²) < 4.78 is 0. The second kappa shape index (κ2) is 5.51. The van der Waals surface area contributed by atoms with Crippen LogP contribution in [0.5, 0.6) is 0 Å². The van der Waals surface area contributed by atoms with Crippen LogP contribution in [0.1, 0.15) is 29.4 Å². The lowest BCUT2D eigenvalue weighted by atomic mass is 10.3. The Morgan fingerprint density at radius 2 is 2.41 bits per heavy atom. The van der Waals surface area contributed by atoms with Crippen LogP contribution in [0.3, 0.4) is 0 Å². The Kier molecular flexibility index (Phi) is 4.02. The Hall–Kier alpha value is -1.07. The maximum absolute atomic E-state index is 11.8. The number of likely N-dealkylation sites (N-methyl/N-ethyl adjacent to an activating group) is 1. The van der Waals surface area contributed by atoms with Crippen molar-refractivity contribution in [3.05, 3.63) is 16.3 Å². The van der Waals surface area contributed by atoms with E-state index in [1.165, 1.54) is 24.2 Å². The van der Waals surface area contributed by atoms with Gasteiger partial charge in [-0.25, -0.2) is 0 Å². The first-order valence-electron chi connectivity index (χ1n) is 6.07. The number of hydrogen-bond acceptors (Lipinski definition) is 4. The van der Waals surface area contributed by atoms with Gasteiger partial charge in [0.25, 0.3) is 5.91 Å². The highest BCUT2D eigenvalue weighted by atomic mass is 32.1. The highest BCUT2D eigenvalue weighted by Crippen LogP contribution is 2.25. The molecule has 0 atom stereocenters. The molecule has 1 aromatic rings. The summed E-state index contributed by atoms with van der Waals surface area (Å²) in [6.07, 6.45) is 2.61. The molecule has 1 aromatic heterocycles. The van der Waals surface area contributed by atoms with Crippen molar-refractivity contribution in [2.75, 3.05) is 25.4 Å². The number of nitrogens with zero attached hydrogens (tertiary/aromatic N) is 1. The van der Waals surface area contributed by atoms with Crippen LogP contribution in [0, 0.1) is 0 Å². The lowest BCUT2D eigenvalue weighted by Gasteiger charge is -2.19. The van der Waals surface area contributed by atoms with Gasteiger partial charge in [-0.2, -0.15) is 0 Å². The number of amides is 1. The maximum Gasteiger partial charge on any atom is 0.263 e. The zero-order chi connectivity index (χ0) is 12.3. The SMILES string of the molecule is CCN(CCNC(=O)c1sccc1N)C1CC1. The predicted octanol–water partition coefficient (Wildman–Crippen LogP) is 1.54. The third kappa shape index (κ3) is 3.20. The highest BCUT2D eigenvalue weighted by molar-refractivity contribution is 7.12. The van der Waals surface area contributed by atoms with Crippen LogP contribution < -0.4 is 11.1 Å². The van der Waals surface area contributed by atoms with Crippen LogP contribution >= 0.6 is 11.3 Å². The Balaban J connectivity index is 1.74. The lowest BCUT2D eigenvalue weighted by molar-refractivity contribution is 0.0953. The Bertz CT molecular complexity index is 387. The molecule has 0 saturated heterocycles. The van der Waals surface area contributed by atoms with Crippen molar-refractivity contribution in [3.63, 3.8) is 0 Å². The van der Waals surface area contributed by atoms with Gasteiger partial charge in [0.15, 0.2) is 0 Å². The first kappa shape index (κ1) is 12.4.